The molecule has 0 aromatic heterocycles. The smallest absolute Gasteiger partial charge is 0.463 e. The summed E-state index contributed by atoms with van der Waals surface area (Å²) in [4.78, 5) is 59.3. The Kier molecular flexibility index (Phi) is 98.4. The van der Waals surface area contributed by atoms with Crippen LogP contribution < -0.4 is 0 Å². The third-order valence-corrected chi connectivity index (χ3v) is 23.9. The van der Waals surface area contributed by atoms with Gasteiger partial charge in [-0.2, -0.15) is 0 Å². The van der Waals surface area contributed by atoms with E-state index >= 15 is 0 Å². The second-order valence-corrected chi connectivity index (χ2v) is 37.5. The molecule has 4 N–H and O–H groups in total. The van der Waals surface area contributed by atoms with Crippen molar-refractivity contribution < 1.29 is 75.8 Å². The number of unbranched alkanes of at least 4 members (excludes halogenated alkanes) is 41. The maximum absolute atomic E-state index is 13.1. The Morgan fingerprint density at radius 3 is 0.603 bits per heavy atom. The van der Waals surface area contributed by atoms with Crippen LogP contribution in [0.2, 0.25) is 0 Å². The Morgan fingerprint density at radius 1 is 0.214 bits per heavy atom. The predicted molar refractivity (Wildman–Crippen MR) is 555 cm³/mol. The standard InChI is InChI=1S/C113H190O16P2/c1-4-7-10-13-16-19-22-25-28-31-34-37-40-43-46-49-51-52-53-54-56-59-60-63-66-69-72-75-78-81-84-87-90-93-96-99-111(116)123-102-108(114)103-125-130(119,120)126-104-109(115)105-127-131(121,122)128-107-110(129-113(118)101-98-95-92-89-86-83-80-77-74-71-68-65-62-57-48-45-42-39-36-33-30-27-24-21-18-15-12-9-6-3)106-124-112(117)100-97-94-91-88-85-82-79-76-73-70-67-64-61-58-55-50-47-44-41-38-35-32-29-26-23-20-17-14-11-8-5-2/h7-12,16-21,25-30,34-39,43-48,51-52,62,65,108-110,114-115H,4-6,13-15,22-24,31-33,40-42,49-50,53-61,63-64,66-107H2,1-3H3,(H,119,120)(H,121,122)/b10-7-,11-8-,12-9-,19-16-,20-17-,21-18-,28-25-,29-26-,30-27-,37-34-,38-35-,39-36-,46-43-,47-44-,48-45-,52-51-,65-62-. The molecule has 0 spiro atoms. The summed E-state index contributed by atoms with van der Waals surface area (Å²) in [6.45, 7) is 2.40. The maximum Gasteiger partial charge on any atom is 0.472 e. The van der Waals surface area contributed by atoms with Gasteiger partial charge in [-0.05, 0) is 167 Å². The molecule has 5 unspecified atom stereocenters. The van der Waals surface area contributed by atoms with E-state index in [1.165, 1.54) is 193 Å². The van der Waals surface area contributed by atoms with E-state index < -0.39 is 91.5 Å². The van der Waals surface area contributed by atoms with Crippen molar-refractivity contribution in [1.29, 1.82) is 0 Å². The number of allylic oxidation sites excluding steroid dienone is 34. The largest absolute Gasteiger partial charge is 0.472 e. The highest BCUT2D eigenvalue weighted by molar-refractivity contribution is 7.47. The number of esters is 3. The van der Waals surface area contributed by atoms with Gasteiger partial charge in [-0.3, -0.25) is 32.5 Å². The van der Waals surface area contributed by atoms with Crippen LogP contribution in [0.1, 0.15) is 432 Å². The van der Waals surface area contributed by atoms with Crippen LogP contribution >= 0.6 is 15.6 Å². The van der Waals surface area contributed by atoms with Gasteiger partial charge in [-0.15, -0.1) is 0 Å². The van der Waals surface area contributed by atoms with E-state index in [1.807, 2.05) is 0 Å². The van der Waals surface area contributed by atoms with Gasteiger partial charge in [0.2, 0.25) is 0 Å². The van der Waals surface area contributed by atoms with Gasteiger partial charge in [0.25, 0.3) is 0 Å². The van der Waals surface area contributed by atoms with Crippen molar-refractivity contribution >= 4 is 33.6 Å². The van der Waals surface area contributed by atoms with E-state index in [9.17, 15) is 43.5 Å². The van der Waals surface area contributed by atoms with Crippen molar-refractivity contribution in [2.75, 3.05) is 39.6 Å². The Morgan fingerprint density at radius 2 is 0.382 bits per heavy atom. The number of carbonyl (C=O) groups is 3. The van der Waals surface area contributed by atoms with Gasteiger partial charge >= 0.3 is 33.6 Å². The summed E-state index contributed by atoms with van der Waals surface area (Å²) in [6.07, 6.45) is 140. The summed E-state index contributed by atoms with van der Waals surface area (Å²) in [7, 11) is -9.83. The lowest BCUT2D eigenvalue weighted by molar-refractivity contribution is -0.161. The molecule has 0 aromatic rings. The average Bonchev–Trinajstić information content (AvgIpc) is 0.896. The van der Waals surface area contributed by atoms with Crippen LogP contribution in [0.15, 0.2) is 207 Å². The summed E-state index contributed by atoms with van der Waals surface area (Å²) in [6, 6.07) is 0. The highest BCUT2D eigenvalue weighted by atomic mass is 31.2. The number of phosphoric acid groups is 2. The third-order valence-electron chi connectivity index (χ3n) is 22.0. The summed E-state index contributed by atoms with van der Waals surface area (Å²) in [5, 5.41) is 20.8. The molecule has 0 aliphatic rings. The molecule has 18 heteroatoms. The Bertz CT molecular complexity index is 3210. The summed E-state index contributed by atoms with van der Waals surface area (Å²) >= 11 is 0. The van der Waals surface area contributed by atoms with Crippen LogP contribution in [0, 0.1) is 0 Å². The number of aliphatic hydroxyl groups excluding tert-OH is 2. The first kappa shape index (κ1) is 125. The van der Waals surface area contributed by atoms with E-state index in [0.29, 0.717) is 19.3 Å². The molecular formula is C113H190O16P2. The molecule has 0 saturated heterocycles. The minimum Gasteiger partial charge on any atom is -0.463 e. The lowest BCUT2D eigenvalue weighted by atomic mass is 10.0. The molecule has 16 nitrogen and oxygen atoms in total. The van der Waals surface area contributed by atoms with Crippen LogP contribution in [-0.4, -0.2) is 95.9 Å². The number of carbonyl (C=O) groups excluding carboxylic acids is 3. The molecule has 748 valence electrons. The number of hydrogen-bond donors (Lipinski definition) is 4. The van der Waals surface area contributed by atoms with Crippen LogP contribution in [0.5, 0.6) is 0 Å². The van der Waals surface area contributed by atoms with Crippen molar-refractivity contribution in [2.24, 2.45) is 0 Å². The Hall–Kier alpha value is -5.87. The quantitative estimate of drug-likeness (QED) is 0.0146. The summed E-state index contributed by atoms with van der Waals surface area (Å²) in [5.41, 5.74) is 0. The molecule has 0 aliphatic carbocycles. The topological polar surface area (TPSA) is 231 Å². The van der Waals surface area contributed by atoms with Gasteiger partial charge in [0.15, 0.2) is 6.10 Å². The van der Waals surface area contributed by atoms with Gasteiger partial charge in [-0.1, -0.05) is 452 Å². The van der Waals surface area contributed by atoms with E-state index in [-0.39, 0.29) is 19.3 Å². The molecule has 0 saturated carbocycles. The summed E-state index contributed by atoms with van der Waals surface area (Å²) < 4.78 is 61.8. The minimum absolute atomic E-state index is 0.0940. The van der Waals surface area contributed by atoms with E-state index in [4.69, 9.17) is 32.3 Å². The fourth-order valence-electron chi connectivity index (χ4n) is 14.2. The number of hydrogen-bond acceptors (Lipinski definition) is 14. The van der Waals surface area contributed by atoms with Gasteiger partial charge in [0.05, 0.1) is 26.4 Å². The van der Waals surface area contributed by atoms with E-state index in [1.54, 1.807) is 0 Å². The predicted octanol–water partition coefficient (Wildman–Crippen LogP) is 33.5. The first-order valence-corrected chi connectivity index (χ1v) is 55.4. The van der Waals surface area contributed by atoms with Crippen LogP contribution in [0.25, 0.3) is 0 Å². The molecule has 0 rings (SSSR count). The second-order valence-electron chi connectivity index (χ2n) is 34.6. The van der Waals surface area contributed by atoms with E-state index in [2.05, 4.69) is 227 Å². The monoisotopic (exact) mass is 1870 g/mol. The first-order valence-electron chi connectivity index (χ1n) is 52.4. The molecule has 0 heterocycles. The van der Waals surface area contributed by atoms with E-state index in [0.717, 1.165) is 180 Å². The van der Waals surface area contributed by atoms with Crippen LogP contribution in [0.4, 0.5) is 0 Å². The molecule has 0 fully saturated rings. The van der Waals surface area contributed by atoms with Gasteiger partial charge in [0, 0.05) is 19.3 Å². The van der Waals surface area contributed by atoms with Gasteiger partial charge < -0.3 is 34.2 Å². The maximum atomic E-state index is 13.1. The number of rotatable bonds is 98. The lowest BCUT2D eigenvalue weighted by Crippen LogP contribution is -2.30. The zero-order valence-electron chi connectivity index (χ0n) is 82.9. The normalized spacial score (nSPS) is 14.5. The first-order chi connectivity index (χ1) is 64.2. The highest BCUT2D eigenvalue weighted by Gasteiger charge is 2.30. The molecule has 131 heavy (non-hydrogen) atoms. The number of phosphoric ester groups is 2. The van der Waals surface area contributed by atoms with Crippen molar-refractivity contribution in [3.63, 3.8) is 0 Å². The fraction of sp³-hybridized carbons (Fsp3) is 0.673. The van der Waals surface area contributed by atoms with Crippen LogP contribution in [0.3, 0.4) is 0 Å². The van der Waals surface area contributed by atoms with Gasteiger partial charge in [0.1, 0.15) is 25.4 Å². The molecule has 0 amide bonds. The summed E-state index contributed by atoms with van der Waals surface area (Å²) in [5.74, 6) is -1.57. The zero-order valence-corrected chi connectivity index (χ0v) is 84.7. The number of aliphatic hydroxyl groups is 2. The fourth-order valence-corrected chi connectivity index (χ4v) is 15.8. The molecule has 5 atom stereocenters. The van der Waals surface area contributed by atoms with Crippen LogP contribution in [-0.2, 0) is 55.8 Å². The molecule has 0 bridgehead atoms. The molecule has 0 radical (unpaired) electrons. The van der Waals surface area contributed by atoms with Crippen molar-refractivity contribution in [3.05, 3.63) is 207 Å². The zero-order chi connectivity index (χ0) is 95.0. The Balaban J connectivity index is 4.61. The molecule has 0 aromatic carbocycles. The van der Waals surface area contributed by atoms with Gasteiger partial charge in [-0.25, -0.2) is 9.13 Å². The minimum atomic E-state index is -4.95. The second kappa shape index (κ2) is 103. The SMILES string of the molecule is CC/C=C\C/C=C\C/C=C\C/C=C\C/C=C\C/C=C\CCCCCCCCCCCCCCCCCCC(=O)OCC(O)COP(=O)(O)OCC(O)COP(=O)(O)OCC(COC(=O)CCCCCCCCCCCCCCCCC/C=C\C/C=C\C/C=C\C/C=C\C/C=C\CC)OC(=O)CCCCCCCCCCCC/C=C\C/C=C\C/C=C\C/C=C\C/C=C\C/C=C\CC. The highest BCUT2D eigenvalue weighted by Crippen LogP contribution is 2.45. The van der Waals surface area contributed by atoms with Crippen molar-refractivity contribution in [2.45, 2.75) is 450 Å². The average molecular weight is 1870 g/mol. The van der Waals surface area contributed by atoms with Crippen molar-refractivity contribution in [1.82, 2.24) is 0 Å². The van der Waals surface area contributed by atoms with Crippen molar-refractivity contribution in [3.8, 4) is 0 Å². The third kappa shape index (κ3) is 104. The number of ether oxygens (including phenoxy) is 3. The lowest BCUT2D eigenvalue weighted by Gasteiger charge is -2.21. The Labute approximate surface area is 800 Å². The molecular weight excluding hydrogens is 1680 g/mol. The molecule has 0 aliphatic heterocycles.